The van der Waals surface area contributed by atoms with Gasteiger partial charge in [0.2, 0.25) is 11.8 Å². The first kappa shape index (κ1) is 15.7. The van der Waals surface area contributed by atoms with E-state index in [1.807, 2.05) is 45.6 Å². The second-order valence-corrected chi connectivity index (χ2v) is 5.76. The van der Waals surface area contributed by atoms with E-state index in [0.29, 0.717) is 13.0 Å². The molecule has 0 radical (unpaired) electrons. The number of nitrogens with zero attached hydrogens (tertiary/aromatic N) is 1. The molecular weight excluding hydrogens is 240 g/mol. The Labute approximate surface area is 116 Å². The topological polar surface area (TPSA) is 49.4 Å². The Hall–Kier alpha value is -1.32. The average molecular weight is 266 g/mol. The standard InChI is InChI=1S/C15H26N2O2/c1-6-11(4)14-15(19)17(8-7-10(2)3)12(5)9-13(18)16-14/h7,11-12,14H,6,8-9H2,1-5H3,(H,16,18). The first-order valence-corrected chi connectivity index (χ1v) is 7.10. The molecule has 3 unspecified atom stereocenters. The van der Waals surface area contributed by atoms with Crippen molar-refractivity contribution in [1.82, 2.24) is 10.2 Å². The van der Waals surface area contributed by atoms with Gasteiger partial charge in [0.25, 0.3) is 0 Å². The van der Waals surface area contributed by atoms with Crippen molar-refractivity contribution in [3.8, 4) is 0 Å². The van der Waals surface area contributed by atoms with Gasteiger partial charge in [0.15, 0.2) is 0 Å². The molecule has 1 rings (SSSR count). The summed E-state index contributed by atoms with van der Waals surface area (Å²) in [6.45, 7) is 10.6. The van der Waals surface area contributed by atoms with Crippen molar-refractivity contribution in [2.45, 2.75) is 59.5 Å². The Morgan fingerprint density at radius 3 is 2.63 bits per heavy atom. The number of carbonyl (C=O) groups excluding carboxylic acids is 2. The summed E-state index contributed by atoms with van der Waals surface area (Å²) in [4.78, 5) is 26.3. The highest BCUT2D eigenvalue weighted by Crippen LogP contribution is 2.18. The molecule has 1 saturated heterocycles. The van der Waals surface area contributed by atoms with Gasteiger partial charge in [0.1, 0.15) is 6.04 Å². The normalized spacial score (nSPS) is 25.6. The van der Waals surface area contributed by atoms with Crippen LogP contribution in [0.1, 0.15) is 47.5 Å². The van der Waals surface area contributed by atoms with Gasteiger partial charge in [-0.3, -0.25) is 9.59 Å². The van der Waals surface area contributed by atoms with E-state index in [9.17, 15) is 9.59 Å². The minimum atomic E-state index is -0.381. The predicted octanol–water partition coefficient (Wildman–Crippen LogP) is 2.10. The van der Waals surface area contributed by atoms with Gasteiger partial charge in [-0.25, -0.2) is 0 Å². The second kappa shape index (κ2) is 6.73. The summed E-state index contributed by atoms with van der Waals surface area (Å²) in [5.74, 6) is 0.187. The van der Waals surface area contributed by atoms with Crippen molar-refractivity contribution in [2.24, 2.45) is 5.92 Å². The Morgan fingerprint density at radius 2 is 2.11 bits per heavy atom. The summed E-state index contributed by atoms with van der Waals surface area (Å²) in [6.07, 6.45) is 3.30. The van der Waals surface area contributed by atoms with E-state index in [4.69, 9.17) is 0 Å². The Kier molecular flexibility index (Phi) is 5.58. The SMILES string of the molecule is CCC(C)C1NC(=O)CC(C)N(CC=C(C)C)C1=O. The van der Waals surface area contributed by atoms with Gasteiger partial charge in [0, 0.05) is 19.0 Å². The predicted molar refractivity (Wildman–Crippen MR) is 76.6 cm³/mol. The molecule has 0 aromatic rings. The quantitative estimate of drug-likeness (QED) is 0.792. The second-order valence-electron chi connectivity index (χ2n) is 5.76. The highest BCUT2D eigenvalue weighted by Gasteiger charge is 2.35. The molecule has 0 spiro atoms. The van der Waals surface area contributed by atoms with Gasteiger partial charge in [-0.2, -0.15) is 0 Å². The molecule has 0 aromatic heterocycles. The van der Waals surface area contributed by atoms with Crippen molar-refractivity contribution in [3.05, 3.63) is 11.6 Å². The molecule has 1 heterocycles. The zero-order valence-corrected chi connectivity index (χ0v) is 12.7. The zero-order chi connectivity index (χ0) is 14.6. The van der Waals surface area contributed by atoms with Crippen LogP contribution in [-0.4, -0.2) is 35.3 Å². The zero-order valence-electron chi connectivity index (χ0n) is 12.7. The van der Waals surface area contributed by atoms with E-state index < -0.39 is 0 Å². The molecule has 1 aliphatic rings. The minimum absolute atomic E-state index is 0.0224. The van der Waals surface area contributed by atoms with Gasteiger partial charge in [-0.05, 0) is 26.7 Å². The summed E-state index contributed by atoms with van der Waals surface area (Å²) in [5.41, 5.74) is 1.18. The van der Waals surface area contributed by atoms with E-state index >= 15 is 0 Å². The number of nitrogens with one attached hydrogen (secondary N) is 1. The molecule has 0 saturated carbocycles. The summed E-state index contributed by atoms with van der Waals surface area (Å²) in [7, 11) is 0. The van der Waals surface area contributed by atoms with Crippen LogP contribution in [0.4, 0.5) is 0 Å². The lowest BCUT2D eigenvalue weighted by molar-refractivity contribution is -0.135. The van der Waals surface area contributed by atoms with E-state index in [-0.39, 0.29) is 29.8 Å². The van der Waals surface area contributed by atoms with Gasteiger partial charge in [-0.1, -0.05) is 31.9 Å². The first-order chi connectivity index (χ1) is 8.86. The molecule has 4 heteroatoms. The average Bonchev–Trinajstić information content (AvgIpc) is 2.43. The smallest absolute Gasteiger partial charge is 0.245 e. The lowest BCUT2D eigenvalue weighted by Gasteiger charge is -2.29. The molecule has 3 atom stereocenters. The molecule has 19 heavy (non-hydrogen) atoms. The molecular formula is C15H26N2O2. The first-order valence-electron chi connectivity index (χ1n) is 7.10. The number of amides is 2. The van der Waals surface area contributed by atoms with Crippen LogP contribution < -0.4 is 5.32 Å². The fourth-order valence-corrected chi connectivity index (χ4v) is 2.24. The van der Waals surface area contributed by atoms with E-state index in [1.165, 1.54) is 5.57 Å². The third-order valence-electron chi connectivity index (χ3n) is 3.79. The molecule has 0 bridgehead atoms. The minimum Gasteiger partial charge on any atom is -0.344 e. The maximum Gasteiger partial charge on any atom is 0.245 e. The van der Waals surface area contributed by atoms with Crippen LogP contribution in [0.25, 0.3) is 0 Å². The highest BCUT2D eigenvalue weighted by molar-refractivity contribution is 5.90. The fraction of sp³-hybridized carbons (Fsp3) is 0.733. The monoisotopic (exact) mass is 266 g/mol. The van der Waals surface area contributed by atoms with Crippen LogP contribution in [0.2, 0.25) is 0 Å². The number of carbonyl (C=O) groups is 2. The Balaban J connectivity index is 2.95. The van der Waals surface area contributed by atoms with Crippen LogP contribution in [0.15, 0.2) is 11.6 Å². The van der Waals surface area contributed by atoms with E-state index in [2.05, 4.69) is 5.32 Å². The van der Waals surface area contributed by atoms with Gasteiger partial charge >= 0.3 is 0 Å². The molecule has 108 valence electrons. The van der Waals surface area contributed by atoms with Crippen LogP contribution in [0, 0.1) is 5.92 Å². The highest BCUT2D eigenvalue weighted by atomic mass is 16.2. The lowest BCUT2D eigenvalue weighted by Crippen LogP contribution is -2.49. The maximum atomic E-state index is 12.6. The Bertz CT molecular complexity index is 372. The van der Waals surface area contributed by atoms with Gasteiger partial charge in [-0.15, -0.1) is 0 Å². The van der Waals surface area contributed by atoms with Crippen molar-refractivity contribution in [3.63, 3.8) is 0 Å². The summed E-state index contributed by atoms with van der Waals surface area (Å²) >= 11 is 0. The fourth-order valence-electron chi connectivity index (χ4n) is 2.24. The lowest BCUT2D eigenvalue weighted by atomic mass is 9.98. The largest absolute Gasteiger partial charge is 0.344 e. The molecule has 0 aliphatic carbocycles. The molecule has 1 aliphatic heterocycles. The van der Waals surface area contributed by atoms with Gasteiger partial charge < -0.3 is 10.2 Å². The molecule has 0 aromatic carbocycles. The number of hydrogen-bond acceptors (Lipinski definition) is 2. The number of hydrogen-bond donors (Lipinski definition) is 1. The summed E-state index contributed by atoms with van der Waals surface area (Å²) < 4.78 is 0. The van der Waals surface area contributed by atoms with Gasteiger partial charge in [0.05, 0.1) is 0 Å². The van der Waals surface area contributed by atoms with Crippen molar-refractivity contribution < 1.29 is 9.59 Å². The van der Waals surface area contributed by atoms with Crippen molar-refractivity contribution in [2.75, 3.05) is 6.54 Å². The third-order valence-corrected chi connectivity index (χ3v) is 3.79. The Morgan fingerprint density at radius 1 is 1.47 bits per heavy atom. The van der Waals surface area contributed by atoms with E-state index in [1.54, 1.807) is 0 Å². The summed E-state index contributed by atoms with van der Waals surface area (Å²) in [5, 5.41) is 2.88. The van der Waals surface area contributed by atoms with Crippen LogP contribution in [0.3, 0.4) is 0 Å². The molecule has 1 fully saturated rings. The van der Waals surface area contributed by atoms with Crippen LogP contribution in [-0.2, 0) is 9.59 Å². The summed E-state index contributed by atoms with van der Waals surface area (Å²) in [6, 6.07) is -0.426. The van der Waals surface area contributed by atoms with Crippen molar-refractivity contribution in [1.29, 1.82) is 0 Å². The maximum absolute atomic E-state index is 12.6. The number of rotatable bonds is 4. The van der Waals surface area contributed by atoms with Crippen LogP contribution >= 0.6 is 0 Å². The van der Waals surface area contributed by atoms with Crippen molar-refractivity contribution >= 4 is 11.8 Å². The third kappa shape index (κ3) is 4.08. The molecule has 2 amide bonds. The van der Waals surface area contributed by atoms with Crippen LogP contribution in [0.5, 0.6) is 0 Å². The number of allylic oxidation sites excluding steroid dienone is 1. The molecule has 1 N–H and O–H groups in total. The van der Waals surface area contributed by atoms with E-state index in [0.717, 1.165) is 6.42 Å². The molecule has 4 nitrogen and oxygen atoms in total.